The molecule has 1 aromatic carbocycles. The van der Waals surface area contributed by atoms with Gasteiger partial charge in [0.25, 0.3) is 0 Å². The Labute approximate surface area is 192 Å². The zero-order valence-electron chi connectivity index (χ0n) is 18.7. The molecule has 0 amide bonds. The minimum Gasteiger partial charge on any atom is -0.423 e. The molecule has 8 heteroatoms. The predicted molar refractivity (Wildman–Crippen MR) is 128 cm³/mol. The molecule has 0 bridgehead atoms. The van der Waals surface area contributed by atoms with Crippen LogP contribution in [0.25, 0.3) is 22.2 Å². The highest BCUT2D eigenvalue weighted by Crippen LogP contribution is 2.40. The number of hydrogen-bond donors (Lipinski definition) is 3. The largest absolute Gasteiger partial charge is 0.490 e. The fourth-order valence-electron chi connectivity index (χ4n) is 4.00. The summed E-state index contributed by atoms with van der Waals surface area (Å²) in [6.07, 6.45) is 1.84. The fraction of sp³-hybridized carbons (Fsp3) is 0.435. The normalized spacial score (nSPS) is 13.1. The lowest BCUT2D eigenvalue weighted by atomic mass is 9.79. The number of aliphatic hydroxyl groups excluding tert-OH is 1. The Morgan fingerprint density at radius 1 is 1.26 bits per heavy atom. The summed E-state index contributed by atoms with van der Waals surface area (Å²) in [5.41, 5.74) is 4.65. The molecule has 0 aliphatic rings. The lowest BCUT2D eigenvalue weighted by molar-refractivity contribution is 0.116. The van der Waals surface area contributed by atoms with Crippen molar-refractivity contribution in [1.29, 1.82) is 0 Å². The van der Waals surface area contributed by atoms with Gasteiger partial charge < -0.3 is 24.5 Å². The molecule has 0 unspecified atom stereocenters. The first-order valence-corrected chi connectivity index (χ1v) is 11.2. The molecular formula is C23H30BBrN2O4. The maximum Gasteiger partial charge on any atom is 0.490 e. The smallest absolute Gasteiger partial charge is 0.423 e. The van der Waals surface area contributed by atoms with Gasteiger partial charge in [-0.15, -0.1) is 0 Å². The van der Waals surface area contributed by atoms with E-state index in [9.17, 15) is 15.2 Å². The zero-order chi connectivity index (χ0) is 22.9. The maximum atomic E-state index is 9.99. The molecule has 31 heavy (non-hydrogen) atoms. The molecule has 2 heterocycles. The molecule has 1 atom stereocenters. The molecule has 3 N–H and O–H groups in total. The first-order chi connectivity index (χ1) is 14.6. The van der Waals surface area contributed by atoms with Crippen molar-refractivity contribution in [3.05, 3.63) is 46.2 Å². The van der Waals surface area contributed by atoms with Gasteiger partial charge in [-0.1, -0.05) is 29.8 Å². The highest BCUT2D eigenvalue weighted by atomic mass is 79.9. The molecule has 3 rings (SSSR count). The number of hydrogen-bond acceptors (Lipinski definition) is 5. The number of pyridine rings is 1. The van der Waals surface area contributed by atoms with Crippen molar-refractivity contribution in [1.82, 2.24) is 9.55 Å². The monoisotopic (exact) mass is 488 g/mol. The van der Waals surface area contributed by atoms with Gasteiger partial charge in [-0.05, 0) is 55.5 Å². The van der Waals surface area contributed by atoms with Crippen molar-refractivity contribution >= 4 is 39.4 Å². The van der Waals surface area contributed by atoms with E-state index in [-0.39, 0.29) is 18.1 Å². The summed E-state index contributed by atoms with van der Waals surface area (Å²) in [7, 11) is 0.0109. The van der Waals surface area contributed by atoms with Crippen LogP contribution in [0.5, 0.6) is 0 Å². The molecule has 2 aromatic heterocycles. The van der Waals surface area contributed by atoms with Gasteiger partial charge in [0.2, 0.25) is 0 Å². The molecule has 0 aliphatic heterocycles. The third kappa shape index (κ3) is 4.73. The van der Waals surface area contributed by atoms with E-state index < -0.39 is 7.12 Å². The average molecular weight is 489 g/mol. The number of benzene rings is 1. The van der Waals surface area contributed by atoms with Crippen LogP contribution in [-0.4, -0.2) is 45.5 Å². The molecule has 0 radical (unpaired) electrons. The number of nitrogens with zero attached hydrogens (tertiary/aromatic N) is 2. The lowest BCUT2D eigenvalue weighted by Gasteiger charge is -2.24. The van der Waals surface area contributed by atoms with Gasteiger partial charge in [-0.2, -0.15) is 0 Å². The number of methoxy groups -OCH3 is 1. The third-order valence-electron chi connectivity index (χ3n) is 5.76. The Morgan fingerprint density at radius 3 is 2.55 bits per heavy atom. The van der Waals surface area contributed by atoms with Crippen LogP contribution in [0.4, 0.5) is 0 Å². The molecule has 0 spiro atoms. The number of aromatic nitrogens is 2. The lowest BCUT2D eigenvalue weighted by Crippen LogP contribution is -2.31. The Bertz CT molecular complexity index is 1080. The summed E-state index contributed by atoms with van der Waals surface area (Å²) in [4.78, 5) is 4.55. The number of ether oxygens (including phenoxy) is 1. The molecule has 3 aromatic rings. The van der Waals surface area contributed by atoms with Gasteiger partial charge >= 0.3 is 7.12 Å². The molecule has 166 valence electrons. The summed E-state index contributed by atoms with van der Waals surface area (Å²) in [5, 5.41) is 30.7. The van der Waals surface area contributed by atoms with Gasteiger partial charge in [-0.25, -0.2) is 0 Å². The van der Waals surface area contributed by atoms with E-state index in [0.717, 1.165) is 44.4 Å². The SMILES string of the molecule is CCn1c(-c2cc(B(O)O)cnc2[C@H](C)OC)c(CC(C)(C)CO)c2cc(Br)ccc21. The molecular weight excluding hydrogens is 459 g/mol. The quantitative estimate of drug-likeness (QED) is 0.423. The van der Waals surface area contributed by atoms with E-state index in [1.807, 2.05) is 26.8 Å². The molecule has 6 nitrogen and oxygen atoms in total. The van der Waals surface area contributed by atoms with Gasteiger partial charge in [-0.3, -0.25) is 4.98 Å². The minimum absolute atomic E-state index is 0.0498. The summed E-state index contributed by atoms with van der Waals surface area (Å²) >= 11 is 3.60. The van der Waals surface area contributed by atoms with Crippen LogP contribution in [-0.2, 0) is 17.7 Å². The second-order valence-corrected chi connectivity index (χ2v) is 9.60. The van der Waals surface area contributed by atoms with E-state index in [2.05, 4.69) is 44.5 Å². The number of halogens is 1. The summed E-state index contributed by atoms with van der Waals surface area (Å²) < 4.78 is 8.78. The second kappa shape index (κ2) is 9.42. The summed E-state index contributed by atoms with van der Waals surface area (Å²) in [5.74, 6) is 0. The van der Waals surface area contributed by atoms with Crippen molar-refractivity contribution in [3.63, 3.8) is 0 Å². The van der Waals surface area contributed by atoms with Crippen molar-refractivity contribution in [3.8, 4) is 11.3 Å². The highest BCUT2D eigenvalue weighted by Gasteiger charge is 2.28. The van der Waals surface area contributed by atoms with Crippen LogP contribution in [0.1, 0.15) is 45.1 Å². The fourth-order valence-corrected chi connectivity index (χ4v) is 4.37. The van der Waals surface area contributed by atoms with Crippen LogP contribution < -0.4 is 5.46 Å². The van der Waals surface area contributed by atoms with Gasteiger partial charge in [0, 0.05) is 52.9 Å². The Balaban J connectivity index is 2.44. The highest BCUT2D eigenvalue weighted by molar-refractivity contribution is 9.10. The van der Waals surface area contributed by atoms with E-state index in [1.165, 1.54) is 6.20 Å². The van der Waals surface area contributed by atoms with Gasteiger partial charge in [0.1, 0.15) is 0 Å². The first-order valence-electron chi connectivity index (χ1n) is 10.4. The van der Waals surface area contributed by atoms with Crippen molar-refractivity contribution < 1.29 is 19.9 Å². The Morgan fingerprint density at radius 2 is 1.97 bits per heavy atom. The van der Waals surface area contributed by atoms with Gasteiger partial charge in [0.05, 0.1) is 17.5 Å². The van der Waals surface area contributed by atoms with Crippen molar-refractivity contribution in [2.75, 3.05) is 13.7 Å². The Kier molecular flexibility index (Phi) is 7.28. The molecule has 0 fully saturated rings. The van der Waals surface area contributed by atoms with Crippen LogP contribution in [0.3, 0.4) is 0 Å². The molecule has 0 aliphatic carbocycles. The van der Waals surface area contributed by atoms with Crippen molar-refractivity contribution in [2.24, 2.45) is 5.41 Å². The summed E-state index contributed by atoms with van der Waals surface area (Å²) in [6, 6.07) is 7.99. The molecule has 0 saturated carbocycles. The predicted octanol–water partition coefficient (Wildman–Crippen LogP) is 3.43. The Hall–Kier alpha value is -1.71. The van der Waals surface area contributed by atoms with E-state index >= 15 is 0 Å². The average Bonchev–Trinajstić information content (AvgIpc) is 3.04. The van der Waals surface area contributed by atoms with Gasteiger partial charge in [0.15, 0.2) is 0 Å². The standard InChI is InChI=1S/C23H30BBrN2O4/c1-6-27-20-8-7-16(25)10-17(20)19(11-23(3,4)13-28)22(27)18-9-15(24(29)30)12-26-21(18)14(2)31-5/h7-10,12,14,28-30H,6,11,13H2,1-5H3/t14-/m0/s1. The van der Waals surface area contributed by atoms with E-state index in [1.54, 1.807) is 13.2 Å². The van der Waals surface area contributed by atoms with Crippen LogP contribution in [0.2, 0.25) is 0 Å². The molecule has 0 saturated heterocycles. The second-order valence-electron chi connectivity index (χ2n) is 8.69. The maximum absolute atomic E-state index is 9.99. The van der Waals surface area contributed by atoms with Crippen LogP contribution >= 0.6 is 15.9 Å². The van der Waals surface area contributed by atoms with E-state index in [0.29, 0.717) is 11.9 Å². The number of fused-ring (bicyclic) bond motifs is 1. The number of aryl methyl sites for hydroxylation is 1. The van der Waals surface area contributed by atoms with Crippen LogP contribution in [0, 0.1) is 5.41 Å². The topological polar surface area (TPSA) is 87.7 Å². The minimum atomic E-state index is -1.62. The first kappa shape index (κ1) is 23.9. The third-order valence-corrected chi connectivity index (χ3v) is 6.25. The van der Waals surface area contributed by atoms with Crippen LogP contribution in [0.15, 0.2) is 34.9 Å². The number of aliphatic hydroxyl groups is 1. The van der Waals surface area contributed by atoms with Crippen molar-refractivity contribution in [2.45, 2.75) is 46.8 Å². The van der Waals surface area contributed by atoms with E-state index in [4.69, 9.17) is 4.74 Å². The summed E-state index contributed by atoms with van der Waals surface area (Å²) in [6.45, 7) is 8.86. The number of rotatable bonds is 8. The zero-order valence-corrected chi connectivity index (χ0v) is 20.3.